The van der Waals surface area contributed by atoms with Crippen molar-refractivity contribution in [2.24, 2.45) is 0 Å². The van der Waals surface area contributed by atoms with Crippen LogP contribution in [0.25, 0.3) is 0 Å². The van der Waals surface area contributed by atoms with Gasteiger partial charge in [-0.2, -0.15) is 12.7 Å². The Morgan fingerprint density at radius 3 is 2.59 bits per heavy atom. The summed E-state index contributed by atoms with van der Waals surface area (Å²) in [4.78, 5) is 2.20. The van der Waals surface area contributed by atoms with E-state index < -0.39 is 10.4 Å². The Morgan fingerprint density at radius 1 is 1.27 bits per heavy atom. The molecular weight excluding hydrogens is 310 g/mol. The van der Waals surface area contributed by atoms with Crippen molar-refractivity contribution in [2.75, 3.05) is 23.7 Å². The minimum Gasteiger partial charge on any atom is -0.870 e. The summed E-state index contributed by atoms with van der Waals surface area (Å²) >= 11 is 0. The van der Waals surface area contributed by atoms with Crippen molar-refractivity contribution in [1.29, 1.82) is 0 Å². The largest absolute Gasteiger partial charge is 0.870 e. The summed E-state index contributed by atoms with van der Waals surface area (Å²) in [5.41, 5.74) is 7.23. The van der Waals surface area contributed by atoms with Crippen molar-refractivity contribution in [3.05, 3.63) is 30.0 Å². The molecule has 0 saturated carbocycles. The average Bonchev–Trinajstić information content (AvgIpc) is 2.32. The van der Waals surface area contributed by atoms with Crippen LogP contribution in [0.3, 0.4) is 0 Å². The maximum Gasteiger partial charge on any atom is 0.482 e. The van der Waals surface area contributed by atoms with Crippen molar-refractivity contribution in [3.63, 3.8) is 0 Å². The lowest BCUT2D eigenvalue weighted by molar-refractivity contribution is -0.849. The van der Waals surface area contributed by atoms with E-state index in [2.05, 4.69) is 21.3 Å². The molecule has 9 heteroatoms. The van der Waals surface area contributed by atoms with Gasteiger partial charge in [0.1, 0.15) is 0 Å². The normalized spacial score (nSPS) is 15.6. The monoisotopic (exact) mass is 331 g/mol. The molecule has 0 spiro atoms. The number of anilines is 2. The lowest BCUT2D eigenvalue weighted by Crippen LogP contribution is -2.50. The van der Waals surface area contributed by atoms with E-state index in [1.165, 1.54) is 0 Å². The van der Waals surface area contributed by atoms with Crippen LogP contribution in [0.1, 0.15) is 25.0 Å². The summed E-state index contributed by atoms with van der Waals surface area (Å²) in [5.74, 6) is 0.111. The number of rotatable bonds is 3. The lowest BCUT2D eigenvalue weighted by Gasteiger charge is -2.25. The fraction of sp³-hybridized carbons (Fsp3) is 0.462. The maximum atomic E-state index is 10.8. The third-order valence-electron chi connectivity index (χ3n) is 3.27. The van der Waals surface area contributed by atoms with E-state index >= 15 is 0 Å². The standard InChI is InChI=1S/C13H19N3O4S.H2O/c1-11-9-12(15-7-5-3-2-4-6-8-15)10-13(14)16(11)20-21(17,18)19;/h2-3,9-10,14H,4-8H2,1H3,(H,17,18,19);1H2. The van der Waals surface area contributed by atoms with Crippen LogP contribution in [-0.2, 0) is 10.4 Å². The molecule has 0 bridgehead atoms. The van der Waals surface area contributed by atoms with Crippen LogP contribution in [0.5, 0.6) is 0 Å². The van der Waals surface area contributed by atoms with E-state index in [4.69, 9.17) is 10.3 Å². The van der Waals surface area contributed by atoms with Crippen LogP contribution >= 0.6 is 0 Å². The molecule has 0 radical (unpaired) electrons. The van der Waals surface area contributed by atoms with Gasteiger partial charge in [0.15, 0.2) is 5.69 Å². The average molecular weight is 331 g/mol. The molecule has 0 aliphatic carbocycles. The first-order valence-electron chi connectivity index (χ1n) is 6.76. The second-order valence-corrected chi connectivity index (χ2v) is 5.97. The molecule has 1 aliphatic heterocycles. The summed E-state index contributed by atoms with van der Waals surface area (Å²) in [6.07, 6.45) is 7.40. The van der Waals surface area contributed by atoms with Gasteiger partial charge in [0, 0.05) is 31.8 Å². The van der Waals surface area contributed by atoms with E-state index in [9.17, 15) is 8.42 Å². The van der Waals surface area contributed by atoms with Gasteiger partial charge in [-0.25, -0.2) is 0 Å². The molecule has 1 aromatic rings. The van der Waals surface area contributed by atoms with E-state index in [1.807, 2.05) is 0 Å². The predicted octanol–water partition coefficient (Wildman–Crippen LogP) is 0.466. The molecule has 0 saturated heterocycles. The number of nitrogens with zero attached hydrogens (tertiary/aromatic N) is 2. The zero-order valence-corrected chi connectivity index (χ0v) is 13.2. The molecule has 1 aliphatic rings. The number of hydrogen-bond donors (Lipinski definition) is 2. The van der Waals surface area contributed by atoms with Crippen molar-refractivity contribution in [2.45, 2.75) is 26.2 Å². The molecule has 0 fully saturated rings. The van der Waals surface area contributed by atoms with Crippen LogP contribution in [0, 0.1) is 6.92 Å². The van der Waals surface area contributed by atoms with Crippen molar-refractivity contribution >= 4 is 21.9 Å². The fourth-order valence-electron chi connectivity index (χ4n) is 2.34. The maximum absolute atomic E-state index is 10.8. The highest BCUT2D eigenvalue weighted by Gasteiger charge is 2.20. The number of nitrogen functional groups attached to an aromatic ring is 1. The molecule has 0 amide bonds. The lowest BCUT2D eigenvalue weighted by atomic mass is 10.2. The van der Waals surface area contributed by atoms with Gasteiger partial charge in [-0.3, -0.25) is 10.3 Å². The van der Waals surface area contributed by atoms with Gasteiger partial charge < -0.3 is 10.4 Å². The number of hydrogen-bond acceptors (Lipinski definition) is 6. The third-order valence-corrected chi connectivity index (χ3v) is 3.61. The Labute approximate surface area is 130 Å². The van der Waals surface area contributed by atoms with Crippen LogP contribution < -0.4 is 19.6 Å². The second-order valence-electron chi connectivity index (χ2n) is 4.97. The van der Waals surface area contributed by atoms with Gasteiger partial charge in [-0.1, -0.05) is 12.2 Å². The van der Waals surface area contributed by atoms with Gasteiger partial charge in [0.05, 0.1) is 6.07 Å². The Balaban J connectivity index is 0.00000242. The van der Waals surface area contributed by atoms with E-state index in [0.717, 1.165) is 42.8 Å². The molecular formula is C13H21N3O5S. The first-order valence-corrected chi connectivity index (χ1v) is 8.13. The smallest absolute Gasteiger partial charge is 0.482 e. The van der Waals surface area contributed by atoms with E-state index in [-0.39, 0.29) is 11.3 Å². The SMILES string of the molecule is Cc1cc(N2CCC=CCCC2)cc(N)[n+]1OS(=O)(=O)O.[OH-]. The first kappa shape index (κ1) is 18.2. The van der Waals surface area contributed by atoms with Gasteiger partial charge in [-0.05, 0) is 24.0 Å². The van der Waals surface area contributed by atoms with Crippen molar-refractivity contribution < 1.29 is 27.5 Å². The number of aromatic nitrogens is 1. The molecule has 0 aromatic carbocycles. The highest BCUT2D eigenvalue weighted by Crippen LogP contribution is 2.19. The zero-order chi connectivity index (χ0) is 15.5. The van der Waals surface area contributed by atoms with Gasteiger partial charge in [-0.15, -0.1) is 0 Å². The fourth-order valence-corrected chi connectivity index (χ4v) is 2.73. The zero-order valence-electron chi connectivity index (χ0n) is 12.3. The topological polar surface area (TPSA) is 127 Å². The molecule has 124 valence electrons. The number of pyridine rings is 1. The number of aryl methyl sites for hydroxylation is 1. The Hall–Kier alpha value is -1.84. The van der Waals surface area contributed by atoms with Gasteiger partial charge in [0.2, 0.25) is 0 Å². The summed E-state index contributed by atoms with van der Waals surface area (Å²) in [6.45, 7) is 3.44. The van der Waals surface area contributed by atoms with Gasteiger partial charge in [0.25, 0.3) is 0 Å². The molecule has 0 unspecified atom stereocenters. The molecule has 0 atom stereocenters. The Morgan fingerprint density at radius 2 is 1.95 bits per heavy atom. The predicted molar refractivity (Wildman–Crippen MR) is 81.1 cm³/mol. The molecule has 4 N–H and O–H groups in total. The van der Waals surface area contributed by atoms with Crippen molar-refractivity contribution in [1.82, 2.24) is 0 Å². The van der Waals surface area contributed by atoms with Gasteiger partial charge >= 0.3 is 16.2 Å². The summed E-state index contributed by atoms with van der Waals surface area (Å²) in [7, 11) is -4.61. The van der Waals surface area contributed by atoms with Crippen LogP contribution in [0.15, 0.2) is 24.3 Å². The number of nitrogens with two attached hydrogens (primary N) is 1. The minimum absolute atomic E-state index is 0. The quantitative estimate of drug-likeness (QED) is 0.468. The molecule has 1 aromatic heterocycles. The highest BCUT2D eigenvalue weighted by molar-refractivity contribution is 7.80. The summed E-state index contributed by atoms with van der Waals surface area (Å²) in [6, 6.07) is 3.43. The van der Waals surface area contributed by atoms with Crippen LogP contribution in [0.2, 0.25) is 0 Å². The second kappa shape index (κ2) is 7.43. The van der Waals surface area contributed by atoms with Crippen LogP contribution in [-0.4, -0.2) is 31.5 Å². The first-order chi connectivity index (χ1) is 9.87. The van der Waals surface area contributed by atoms with Crippen molar-refractivity contribution in [3.8, 4) is 0 Å². The molecule has 22 heavy (non-hydrogen) atoms. The van der Waals surface area contributed by atoms with Crippen LogP contribution in [0.4, 0.5) is 11.5 Å². The van der Waals surface area contributed by atoms with E-state index in [0.29, 0.717) is 5.69 Å². The van der Waals surface area contributed by atoms with E-state index in [1.54, 1.807) is 19.1 Å². The molecule has 8 nitrogen and oxygen atoms in total. The number of allylic oxidation sites excluding steroid dienone is 1. The summed E-state index contributed by atoms with van der Waals surface area (Å²) < 4.78 is 35.7. The Kier molecular flexibility index (Phi) is 6.15. The Bertz CT molecular complexity index is 622. The minimum atomic E-state index is -4.61. The third kappa shape index (κ3) is 4.86. The highest BCUT2D eigenvalue weighted by atomic mass is 32.3. The molecule has 2 rings (SSSR count). The molecule has 2 heterocycles. The summed E-state index contributed by atoms with van der Waals surface area (Å²) in [5, 5.41) is 0.